The Bertz CT molecular complexity index is 637. The lowest BCUT2D eigenvalue weighted by atomic mass is 9.59. The van der Waals surface area contributed by atoms with Crippen LogP contribution in [0.2, 0.25) is 0 Å². The molecule has 29 heavy (non-hydrogen) atoms. The van der Waals surface area contributed by atoms with E-state index < -0.39 is 17.8 Å². The van der Waals surface area contributed by atoms with Gasteiger partial charge < -0.3 is 15.3 Å². The number of hydrogen-bond donors (Lipinski definition) is 3. The van der Waals surface area contributed by atoms with Gasteiger partial charge in [-0.2, -0.15) is 0 Å². The lowest BCUT2D eigenvalue weighted by Crippen LogP contribution is -2.39. The molecule has 2 aliphatic carbocycles. The average Bonchev–Trinajstić information content (AvgIpc) is 2.82. The highest BCUT2D eigenvalue weighted by Gasteiger charge is 2.52. The van der Waals surface area contributed by atoms with Crippen LogP contribution in [0.1, 0.15) is 86.5 Å². The highest BCUT2D eigenvalue weighted by atomic mass is 16.3. The lowest BCUT2D eigenvalue weighted by Gasteiger charge is -2.46. The highest BCUT2D eigenvalue weighted by molar-refractivity contribution is 5.37. The number of aliphatic hydroxyl groups is 3. The Labute approximate surface area is 178 Å². The third-order valence-corrected chi connectivity index (χ3v) is 8.29. The summed E-state index contributed by atoms with van der Waals surface area (Å²) < 4.78 is 0. The first kappa shape index (κ1) is 24.4. The molecule has 0 bridgehead atoms. The van der Waals surface area contributed by atoms with Crippen LogP contribution in [0.5, 0.6) is 0 Å². The summed E-state index contributed by atoms with van der Waals surface area (Å²) in [5.74, 6) is 1.12. The van der Waals surface area contributed by atoms with E-state index in [0.717, 1.165) is 30.4 Å². The Morgan fingerprint density at radius 1 is 1.24 bits per heavy atom. The molecule has 2 saturated carbocycles. The molecule has 2 fully saturated rings. The Balaban J connectivity index is 2.04. The van der Waals surface area contributed by atoms with Gasteiger partial charge in [-0.1, -0.05) is 65.3 Å². The van der Waals surface area contributed by atoms with E-state index in [2.05, 4.69) is 46.4 Å². The fourth-order valence-corrected chi connectivity index (χ4v) is 5.50. The molecule has 5 atom stereocenters. The minimum atomic E-state index is -0.630. The van der Waals surface area contributed by atoms with Gasteiger partial charge in [0.05, 0.1) is 17.8 Å². The predicted octanol–water partition coefficient (Wildman–Crippen LogP) is 5.56. The average molecular weight is 405 g/mol. The van der Waals surface area contributed by atoms with Gasteiger partial charge in [-0.15, -0.1) is 0 Å². The summed E-state index contributed by atoms with van der Waals surface area (Å²) in [6.07, 6.45) is 11.8. The zero-order valence-electron chi connectivity index (χ0n) is 19.5. The second kappa shape index (κ2) is 9.08. The molecule has 0 unspecified atom stereocenters. The molecule has 3 heteroatoms. The van der Waals surface area contributed by atoms with E-state index in [1.165, 1.54) is 12.8 Å². The lowest BCUT2D eigenvalue weighted by molar-refractivity contribution is 0.0307. The second-order valence-corrected chi connectivity index (χ2v) is 11.1. The van der Waals surface area contributed by atoms with Crippen LogP contribution in [0.3, 0.4) is 0 Å². The smallest absolute Gasteiger partial charge is 0.0811 e. The van der Waals surface area contributed by atoms with Crippen molar-refractivity contribution < 1.29 is 15.3 Å². The van der Waals surface area contributed by atoms with Gasteiger partial charge in [-0.3, -0.25) is 0 Å². The van der Waals surface area contributed by atoms with Crippen LogP contribution in [-0.4, -0.2) is 33.1 Å². The molecule has 2 rings (SSSR count). The van der Waals surface area contributed by atoms with Crippen LogP contribution < -0.4 is 0 Å². The fourth-order valence-electron chi connectivity index (χ4n) is 5.50. The normalized spacial score (nSPS) is 35.6. The first-order valence-electron chi connectivity index (χ1n) is 11.4. The SMILES string of the molecule is C=C1/C(=C\C=C\[C@@H]2CC[C@](C)([C@H](C)CCCC(C)(C)O)C2(C)C)C[C@@H](O)C[C@@H]1O. The summed E-state index contributed by atoms with van der Waals surface area (Å²) in [5.41, 5.74) is 1.60. The molecule has 0 aromatic heterocycles. The molecule has 0 heterocycles. The maximum atomic E-state index is 10.0. The van der Waals surface area contributed by atoms with Crippen molar-refractivity contribution in [3.8, 4) is 0 Å². The van der Waals surface area contributed by atoms with E-state index in [-0.39, 0.29) is 10.8 Å². The van der Waals surface area contributed by atoms with Crippen molar-refractivity contribution in [2.75, 3.05) is 0 Å². The Morgan fingerprint density at radius 3 is 2.52 bits per heavy atom. The van der Waals surface area contributed by atoms with Gasteiger partial charge in [-0.25, -0.2) is 0 Å². The van der Waals surface area contributed by atoms with Gasteiger partial charge >= 0.3 is 0 Å². The molecule has 166 valence electrons. The van der Waals surface area contributed by atoms with E-state index in [0.29, 0.717) is 24.7 Å². The van der Waals surface area contributed by atoms with Crippen molar-refractivity contribution in [3.05, 3.63) is 36.0 Å². The monoisotopic (exact) mass is 404 g/mol. The number of aliphatic hydroxyl groups excluding tert-OH is 2. The Morgan fingerprint density at radius 2 is 1.90 bits per heavy atom. The molecular formula is C26H44O3. The largest absolute Gasteiger partial charge is 0.393 e. The zero-order valence-corrected chi connectivity index (χ0v) is 19.5. The van der Waals surface area contributed by atoms with Crippen LogP contribution in [0.25, 0.3) is 0 Å². The second-order valence-electron chi connectivity index (χ2n) is 11.1. The summed E-state index contributed by atoms with van der Waals surface area (Å²) in [4.78, 5) is 0. The van der Waals surface area contributed by atoms with Crippen LogP contribution in [-0.2, 0) is 0 Å². The van der Waals surface area contributed by atoms with E-state index >= 15 is 0 Å². The van der Waals surface area contributed by atoms with E-state index in [1.807, 2.05) is 19.9 Å². The third kappa shape index (κ3) is 5.62. The standard InChI is InChI=1S/C26H44O3/c1-18(10-9-14-24(3,4)29)26(7)15-13-21(25(26,5)6)12-8-11-20-16-22(27)17-23(28)19(20)2/h8,11-12,18,21-23,27-29H,2,9-10,13-17H2,1,3-7H3/b12-8+,20-11-/t18-,21-,22-,23+,26-/m1/s1. The molecule has 3 N–H and O–H groups in total. The van der Waals surface area contributed by atoms with Crippen molar-refractivity contribution in [2.45, 2.75) is 104 Å². The summed E-state index contributed by atoms with van der Waals surface area (Å²) in [5, 5.41) is 30.0. The van der Waals surface area contributed by atoms with Gasteiger partial charge in [-0.05, 0) is 73.3 Å². The molecule has 0 radical (unpaired) electrons. The van der Waals surface area contributed by atoms with E-state index in [9.17, 15) is 15.3 Å². The van der Waals surface area contributed by atoms with Crippen molar-refractivity contribution in [2.24, 2.45) is 22.7 Å². The minimum absolute atomic E-state index is 0.193. The zero-order chi connectivity index (χ0) is 22.0. The fraction of sp³-hybridized carbons (Fsp3) is 0.769. The molecule has 0 aromatic carbocycles. The number of allylic oxidation sites excluding steroid dienone is 3. The minimum Gasteiger partial charge on any atom is -0.393 e. The molecule has 0 saturated heterocycles. The topological polar surface area (TPSA) is 60.7 Å². The highest BCUT2D eigenvalue weighted by Crippen LogP contribution is 2.60. The van der Waals surface area contributed by atoms with Crippen LogP contribution in [0, 0.1) is 22.7 Å². The molecule has 3 nitrogen and oxygen atoms in total. The van der Waals surface area contributed by atoms with Gasteiger partial charge in [0, 0.05) is 6.42 Å². The van der Waals surface area contributed by atoms with Gasteiger partial charge in [0.15, 0.2) is 0 Å². The number of rotatable bonds is 7. The van der Waals surface area contributed by atoms with Crippen molar-refractivity contribution >= 4 is 0 Å². The van der Waals surface area contributed by atoms with Gasteiger partial charge in [0.1, 0.15) is 0 Å². The molecule has 0 aliphatic heterocycles. The van der Waals surface area contributed by atoms with Crippen molar-refractivity contribution in [3.63, 3.8) is 0 Å². The molecule has 0 spiro atoms. The quantitative estimate of drug-likeness (QED) is 0.520. The molecule has 0 aromatic rings. The third-order valence-electron chi connectivity index (χ3n) is 8.29. The predicted molar refractivity (Wildman–Crippen MR) is 122 cm³/mol. The molecular weight excluding hydrogens is 360 g/mol. The van der Waals surface area contributed by atoms with Gasteiger partial charge in [0.2, 0.25) is 0 Å². The van der Waals surface area contributed by atoms with Crippen molar-refractivity contribution in [1.82, 2.24) is 0 Å². The maximum absolute atomic E-state index is 10.0. The Kier molecular flexibility index (Phi) is 7.63. The summed E-state index contributed by atoms with van der Waals surface area (Å²) in [7, 11) is 0. The first-order chi connectivity index (χ1) is 13.3. The molecule has 2 aliphatic rings. The van der Waals surface area contributed by atoms with Gasteiger partial charge in [0.25, 0.3) is 0 Å². The van der Waals surface area contributed by atoms with E-state index in [1.54, 1.807) is 0 Å². The summed E-state index contributed by atoms with van der Waals surface area (Å²) in [6, 6.07) is 0. The maximum Gasteiger partial charge on any atom is 0.0811 e. The number of hydrogen-bond acceptors (Lipinski definition) is 3. The van der Waals surface area contributed by atoms with Crippen LogP contribution in [0.4, 0.5) is 0 Å². The Hall–Kier alpha value is -0.900. The first-order valence-corrected chi connectivity index (χ1v) is 11.4. The van der Waals surface area contributed by atoms with Crippen LogP contribution in [0.15, 0.2) is 36.0 Å². The summed E-state index contributed by atoms with van der Waals surface area (Å²) in [6.45, 7) is 17.4. The molecule has 0 amide bonds. The van der Waals surface area contributed by atoms with E-state index in [4.69, 9.17) is 0 Å². The summed E-state index contributed by atoms with van der Waals surface area (Å²) >= 11 is 0. The van der Waals surface area contributed by atoms with Crippen molar-refractivity contribution in [1.29, 1.82) is 0 Å². The van der Waals surface area contributed by atoms with Crippen LogP contribution >= 0.6 is 0 Å².